The van der Waals surface area contributed by atoms with Gasteiger partial charge in [0.25, 0.3) is 0 Å². The summed E-state index contributed by atoms with van der Waals surface area (Å²) in [5, 5.41) is 19.5. The molecule has 2 N–H and O–H groups in total. The van der Waals surface area contributed by atoms with E-state index in [9.17, 15) is 10.2 Å². The lowest BCUT2D eigenvalue weighted by Gasteiger charge is -2.47. The molecule has 0 heterocycles. The third-order valence-corrected chi connectivity index (χ3v) is 3.74. The van der Waals surface area contributed by atoms with Gasteiger partial charge in [0.2, 0.25) is 0 Å². The van der Waals surface area contributed by atoms with Gasteiger partial charge in [-0.1, -0.05) is 18.6 Å². The van der Waals surface area contributed by atoms with Crippen molar-refractivity contribution in [1.29, 1.82) is 0 Å². The number of hydrogen-bond acceptors (Lipinski definition) is 2. The van der Waals surface area contributed by atoms with Crippen LogP contribution in [0.2, 0.25) is 0 Å². The number of aliphatic hydroxyl groups is 2. The molecule has 74 valence electrons. The number of rotatable bonds is 2. The lowest BCUT2D eigenvalue weighted by Crippen LogP contribution is -2.53. The molecule has 2 heteroatoms. The molecule has 2 fully saturated rings. The maximum atomic E-state index is 9.78. The molecule has 0 bridgehead atoms. The first-order valence-corrected chi connectivity index (χ1v) is 5.24. The third kappa shape index (κ3) is 1.32. The molecular formula is C11H18O2. The maximum Gasteiger partial charge on any atom is 0.0776 e. The summed E-state index contributed by atoms with van der Waals surface area (Å²) in [6.07, 6.45) is 6.55. The molecule has 2 aliphatic rings. The molecule has 0 aliphatic heterocycles. The molecule has 2 rings (SSSR count). The zero-order valence-corrected chi connectivity index (χ0v) is 8.06. The highest BCUT2D eigenvalue weighted by molar-refractivity contribution is 5.07. The van der Waals surface area contributed by atoms with Gasteiger partial charge in [0.1, 0.15) is 0 Å². The third-order valence-electron chi connectivity index (χ3n) is 3.74. The van der Waals surface area contributed by atoms with Crippen LogP contribution in [0, 0.1) is 17.8 Å². The molecule has 0 aromatic heterocycles. The lowest BCUT2D eigenvalue weighted by atomic mass is 9.62. The molecule has 2 nitrogen and oxygen atoms in total. The van der Waals surface area contributed by atoms with E-state index in [1.54, 1.807) is 6.08 Å². The topological polar surface area (TPSA) is 40.5 Å². The maximum absolute atomic E-state index is 9.78. The Labute approximate surface area is 79.3 Å². The Morgan fingerprint density at radius 1 is 1.31 bits per heavy atom. The van der Waals surface area contributed by atoms with Gasteiger partial charge in [-0.25, -0.2) is 0 Å². The molecule has 0 aromatic rings. The first kappa shape index (κ1) is 9.22. The zero-order chi connectivity index (χ0) is 9.42. The van der Waals surface area contributed by atoms with Crippen LogP contribution in [0.5, 0.6) is 0 Å². The fraction of sp³-hybridized carbons (Fsp3) is 0.818. The molecule has 2 aliphatic carbocycles. The smallest absolute Gasteiger partial charge is 0.0776 e. The van der Waals surface area contributed by atoms with Crippen LogP contribution in [0.25, 0.3) is 0 Å². The van der Waals surface area contributed by atoms with E-state index in [0.717, 1.165) is 6.42 Å². The Morgan fingerprint density at radius 3 is 2.69 bits per heavy atom. The fourth-order valence-electron chi connectivity index (χ4n) is 3.09. The molecule has 3 unspecified atom stereocenters. The minimum absolute atomic E-state index is 0.115. The predicted octanol–water partition coefficient (Wildman–Crippen LogP) is 1.33. The second-order valence-electron chi connectivity index (χ2n) is 4.34. The minimum Gasteiger partial charge on any atom is -0.392 e. The largest absolute Gasteiger partial charge is 0.392 e. The Hall–Kier alpha value is -0.340. The van der Waals surface area contributed by atoms with E-state index in [0.29, 0.717) is 11.8 Å². The van der Waals surface area contributed by atoms with Crippen molar-refractivity contribution >= 4 is 0 Å². The average molecular weight is 182 g/mol. The second kappa shape index (κ2) is 3.43. The van der Waals surface area contributed by atoms with Crippen molar-refractivity contribution in [2.75, 3.05) is 0 Å². The van der Waals surface area contributed by atoms with Gasteiger partial charge in [0.15, 0.2) is 0 Å². The summed E-state index contributed by atoms with van der Waals surface area (Å²) in [5.41, 5.74) is 0. The van der Waals surface area contributed by atoms with Gasteiger partial charge in [-0.2, -0.15) is 0 Å². The highest BCUT2D eigenvalue weighted by Gasteiger charge is 2.53. The van der Waals surface area contributed by atoms with Crippen molar-refractivity contribution in [2.45, 2.75) is 38.4 Å². The molecule has 0 radical (unpaired) electrons. The van der Waals surface area contributed by atoms with Crippen LogP contribution in [0.4, 0.5) is 0 Å². The minimum atomic E-state index is -0.431. The molecule has 0 saturated heterocycles. The lowest BCUT2D eigenvalue weighted by molar-refractivity contribution is -0.124. The normalized spacial score (nSPS) is 46.1. The van der Waals surface area contributed by atoms with E-state index in [-0.39, 0.29) is 12.0 Å². The summed E-state index contributed by atoms with van der Waals surface area (Å²) < 4.78 is 0. The van der Waals surface area contributed by atoms with Crippen molar-refractivity contribution in [3.8, 4) is 0 Å². The quantitative estimate of drug-likeness (QED) is 0.632. The Kier molecular flexibility index (Phi) is 2.43. The molecule has 0 amide bonds. The van der Waals surface area contributed by atoms with Crippen molar-refractivity contribution in [3.05, 3.63) is 12.2 Å². The molecular weight excluding hydrogens is 164 g/mol. The van der Waals surface area contributed by atoms with Crippen LogP contribution in [0.15, 0.2) is 12.2 Å². The van der Waals surface area contributed by atoms with Crippen molar-refractivity contribution < 1.29 is 10.2 Å². The van der Waals surface area contributed by atoms with Gasteiger partial charge in [-0.05, 0) is 31.6 Å². The van der Waals surface area contributed by atoms with E-state index >= 15 is 0 Å². The molecule has 13 heavy (non-hydrogen) atoms. The summed E-state index contributed by atoms with van der Waals surface area (Å²) in [6.45, 7) is 1.90. The highest BCUT2D eigenvalue weighted by atomic mass is 16.3. The second-order valence-corrected chi connectivity index (χ2v) is 4.34. The zero-order valence-electron chi connectivity index (χ0n) is 8.06. The van der Waals surface area contributed by atoms with Crippen molar-refractivity contribution in [3.63, 3.8) is 0 Å². The first-order valence-electron chi connectivity index (χ1n) is 5.24. The molecule has 0 spiro atoms. The van der Waals surface area contributed by atoms with Crippen LogP contribution in [0.3, 0.4) is 0 Å². The van der Waals surface area contributed by atoms with Gasteiger partial charge in [0.05, 0.1) is 12.2 Å². The SMILES string of the molecule is C/C=C/C(O)C1C(O)[C@@H]2CCC[C@H]12. The number of hydrogen-bond donors (Lipinski definition) is 2. The van der Waals surface area contributed by atoms with Crippen molar-refractivity contribution in [2.24, 2.45) is 17.8 Å². The number of allylic oxidation sites excluding steroid dienone is 1. The highest BCUT2D eigenvalue weighted by Crippen LogP contribution is 2.52. The van der Waals surface area contributed by atoms with Gasteiger partial charge in [0, 0.05) is 5.92 Å². The van der Waals surface area contributed by atoms with Gasteiger partial charge in [-0.3, -0.25) is 0 Å². The van der Waals surface area contributed by atoms with Gasteiger partial charge >= 0.3 is 0 Å². The van der Waals surface area contributed by atoms with Crippen LogP contribution in [-0.4, -0.2) is 22.4 Å². The number of aliphatic hydroxyl groups excluding tert-OH is 2. The Balaban J connectivity index is 2.00. The monoisotopic (exact) mass is 182 g/mol. The number of fused-ring (bicyclic) bond motifs is 1. The summed E-state index contributed by atoms with van der Waals surface area (Å²) in [7, 11) is 0. The molecule has 5 atom stereocenters. The van der Waals surface area contributed by atoms with Gasteiger partial charge in [-0.15, -0.1) is 0 Å². The van der Waals surface area contributed by atoms with Crippen LogP contribution < -0.4 is 0 Å². The summed E-state index contributed by atoms with van der Waals surface area (Å²) in [6, 6.07) is 0. The summed E-state index contributed by atoms with van der Waals surface area (Å²) >= 11 is 0. The average Bonchev–Trinajstić information content (AvgIpc) is 2.48. The van der Waals surface area contributed by atoms with E-state index in [2.05, 4.69) is 0 Å². The van der Waals surface area contributed by atoms with Crippen LogP contribution in [-0.2, 0) is 0 Å². The Morgan fingerprint density at radius 2 is 2.00 bits per heavy atom. The predicted molar refractivity (Wildman–Crippen MR) is 51.1 cm³/mol. The Bertz CT molecular complexity index is 212. The van der Waals surface area contributed by atoms with Crippen LogP contribution in [0.1, 0.15) is 26.2 Å². The molecule has 0 aromatic carbocycles. The fourth-order valence-corrected chi connectivity index (χ4v) is 3.09. The summed E-state index contributed by atoms with van der Waals surface area (Å²) in [5.74, 6) is 1.19. The van der Waals surface area contributed by atoms with E-state index in [4.69, 9.17) is 0 Å². The summed E-state index contributed by atoms with van der Waals surface area (Å²) in [4.78, 5) is 0. The molecule has 2 saturated carbocycles. The van der Waals surface area contributed by atoms with E-state index < -0.39 is 6.10 Å². The van der Waals surface area contributed by atoms with Gasteiger partial charge < -0.3 is 10.2 Å². The van der Waals surface area contributed by atoms with Crippen molar-refractivity contribution in [1.82, 2.24) is 0 Å². The van der Waals surface area contributed by atoms with Crippen LogP contribution >= 0.6 is 0 Å². The first-order chi connectivity index (χ1) is 6.25. The van der Waals surface area contributed by atoms with E-state index in [1.165, 1.54) is 12.8 Å². The standard InChI is InChI=1S/C11H18O2/c1-2-4-9(12)10-7-5-3-6-8(7)11(10)13/h2,4,7-13H,3,5-6H2,1H3/b4-2+/t7-,8+,9?,10?,11?/m0/s1. The van der Waals surface area contributed by atoms with E-state index in [1.807, 2.05) is 13.0 Å².